The van der Waals surface area contributed by atoms with Gasteiger partial charge in [-0.15, -0.1) is 0 Å². The Morgan fingerprint density at radius 2 is 1.96 bits per heavy atom. The van der Waals surface area contributed by atoms with Crippen LogP contribution in [0.5, 0.6) is 0 Å². The topological polar surface area (TPSA) is 101 Å². The van der Waals surface area contributed by atoms with E-state index >= 15 is 0 Å². The summed E-state index contributed by atoms with van der Waals surface area (Å²) in [6, 6.07) is 9.26. The van der Waals surface area contributed by atoms with Gasteiger partial charge in [0, 0.05) is 19.5 Å². The average molecular weight is 369 g/mol. The van der Waals surface area contributed by atoms with Crippen molar-refractivity contribution in [3.8, 4) is 0 Å². The van der Waals surface area contributed by atoms with E-state index in [0.717, 1.165) is 5.39 Å². The molecular weight excluding hydrogens is 350 g/mol. The van der Waals surface area contributed by atoms with Gasteiger partial charge in [-0.05, 0) is 19.1 Å². The van der Waals surface area contributed by atoms with Crippen LogP contribution in [-0.2, 0) is 11.2 Å². The monoisotopic (exact) mass is 369 g/mol. The van der Waals surface area contributed by atoms with E-state index in [9.17, 15) is 9.59 Å². The fourth-order valence-electron chi connectivity index (χ4n) is 2.49. The summed E-state index contributed by atoms with van der Waals surface area (Å²) in [5.41, 5.74) is 8.42. The molecule has 0 atom stereocenters. The number of rotatable bonds is 4. The predicted molar refractivity (Wildman–Crippen MR) is 103 cm³/mol. The number of nitrogens with one attached hydrogen (secondary N) is 1. The number of carbonyl (C=O) groups excluding carboxylic acids is 2. The molecule has 1 aromatic carbocycles. The molecule has 2 amide bonds. The standard InChI is InChI=1S/C18H19N5O2S/c1-10-16(17(25)23(2)3)26-18(20-10)22-14(24)9-12-8-7-11-5-4-6-13(19)15(11)21-12/h4-8H,9,19H2,1-3H3,(H,20,22,24). The number of nitrogen functional groups attached to an aromatic ring is 1. The normalized spacial score (nSPS) is 10.7. The summed E-state index contributed by atoms with van der Waals surface area (Å²) < 4.78 is 0. The first-order valence-electron chi connectivity index (χ1n) is 7.98. The van der Waals surface area contributed by atoms with Crippen LogP contribution in [0.4, 0.5) is 10.8 Å². The molecule has 0 aliphatic carbocycles. The lowest BCUT2D eigenvalue weighted by Crippen LogP contribution is -2.21. The molecule has 0 unspecified atom stereocenters. The molecule has 0 fully saturated rings. The van der Waals surface area contributed by atoms with Gasteiger partial charge in [0.25, 0.3) is 5.91 Å². The molecular formula is C18H19N5O2S. The number of aryl methyl sites for hydroxylation is 1. The van der Waals surface area contributed by atoms with Crippen molar-refractivity contribution in [2.24, 2.45) is 0 Å². The number of amides is 2. The molecule has 0 bridgehead atoms. The molecule has 0 aliphatic heterocycles. The van der Waals surface area contributed by atoms with Crippen LogP contribution in [0.3, 0.4) is 0 Å². The van der Waals surface area contributed by atoms with E-state index in [4.69, 9.17) is 5.73 Å². The van der Waals surface area contributed by atoms with Crippen LogP contribution in [0, 0.1) is 6.92 Å². The summed E-state index contributed by atoms with van der Waals surface area (Å²) in [7, 11) is 3.35. The number of fused-ring (bicyclic) bond motifs is 1. The SMILES string of the molecule is Cc1nc(NC(=O)Cc2ccc3cccc(N)c3n2)sc1C(=O)N(C)C. The summed E-state index contributed by atoms with van der Waals surface area (Å²) in [6.45, 7) is 1.75. The van der Waals surface area contributed by atoms with Crippen molar-refractivity contribution < 1.29 is 9.59 Å². The maximum Gasteiger partial charge on any atom is 0.265 e. The van der Waals surface area contributed by atoms with Crippen molar-refractivity contribution in [3.05, 3.63) is 46.6 Å². The minimum Gasteiger partial charge on any atom is -0.397 e. The molecule has 2 aromatic heterocycles. The van der Waals surface area contributed by atoms with E-state index in [1.165, 1.54) is 16.2 Å². The Balaban J connectivity index is 1.74. The first-order chi connectivity index (χ1) is 12.3. The van der Waals surface area contributed by atoms with Crippen molar-refractivity contribution in [3.63, 3.8) is 0 Å². The molecule has 0 radical (unpaired) electrons. The van der Waals surface area contributed by atoms with Crippen LogP contribution in [0.15, 0.2) is 30.3 Å². The molecule has 3 aromatic rings. The number of anilines is 2. The first-order valence-corrected chi connectivity index (χ1v) is 8.80. The second-order valence-electron chi connectivity index (χ2n) is 6.08. The number of carbonyl (C=O) groups is 2. The number of nitrogens with two attached hydrogens (primary N) is 1. The van der Waals surface area contributed by atoms with Crippen LogP contribution >= 0.6 is 11.3 Å². The van der Waals surface area contributed by atoms with Gasteiger partial charge < -0.3 is 16.0 Å². The highest BCUT2D eigenvalue weighted by Gasteiger charge is 2.18. The number of thiazole rings is 1. The minimum absolute atomic E-state index is 0.0971. The smallest absolute Gasteiger partial charge is 0.265 e. The van der Waals surface area contributed by atoms with E-state index in [2.05, 4.69) is 15.3 Å². The van der Waals surface area contributed by atoms with Gasteiger partial charge in [0.1, 0.15) is 4.88 Å². The van der Waals surface area contributed by atoms with Gasteiger partial charge >= 0.3 is 0 Å². The highest BCUT2D eigenvalue weighted by Crippen LogP contribution is 2.24. The zero-order valence-electron chi connectivity index (χ0n) is 14.7. The van der Waals surface area contributed by atoms with E-state index in [-0.39, 0.29) is 18.2 Å². The van der Waals surface area contributed by atoms with E-state index < -0.39 is 0 Å². The van der Waals surface area contributed by atoms with Crippen molar-refractivity contribution in [1.82, 2.24) is 14.9 Å². The number of hydrogen-bond acceptors (Lipinski definition) is 6. The Kier molecular flexibility index (Phi) is 4.85. The van der Waals surface area contributed by atoms with E-state index in [1.54, 1.807) is 33.2 Å². The van der Waals surface area contributed by atoms with Crippen LogP contribution < -0.4 is 11.1 Å². The van der Waals surface area contributed by atoms with Crippen molar-refractivity contribution >= 4 is 44.9 Å². The van der Waals surface area contributed by atoms with Gasteiger partial charge in [0.05, 0.1) is 29.0 Å². The molecule has 3 rings (SSSR count). The fraction of sp³-hybridized carbons (Fsp3) is 0.222. The molecule has 0 aliphatic rings. The zero-order valence-corrected chi connectivity index (χ0v) is 15.6. The molecule has 0 spiro atoms. The summed E-state index contributed by atoms with van der Waals surface area (Å²) >= 11 is 1.17. The summed E-state index contributed by atoms with van der Waals surface area (Å²) in [4.78, 5) is 35.1. The fourth-order valence-corrected chi connectivity index (χ4v) is 3.49. The molecule has 8 heteroatoms. The Hall–Kier alpha value is -3.00. The molecule has 26 heavy (non-hydrogen) atoms. The number of aromatic nitrogens is 2. The minimum atomic E-state index is -0.246. The van der Waals surface area contributed by atoms with E-state index in [0.29, 0.717) is 32.6 Å². The third kappa shape index (κ3) is 3.65. The lowest BCUT2D eigenvalue weighted by molar-refractivity contribution is -0.115. The van der Waals surface area contributed by atoms with Crippen LogP contribution in [0.25, 0.3) is 10.9 Å². The van der Waals surface area contributed by atoms with Crippen molar-refractivity contribution in [1.29, 1.82) is 0 Å². The second-order valence-corrected chi connectivity index (χ2v) is 7.08. The maximum absolute atomic E-state index is 12.3. The van der Waals surface area contributed by atoms with Gasteiger partial charge in [0.2, 0.25) is 5.91 Å². The number of para-hydroxylation sites is 1. The highest BCUT2D eigenvalue weighted by atomic mass is 32.1. The first kappa shape index (κ1) is 17.8. The molecule has 2 heterocycles. The lowest BCUT2D eigenvalue weighted by Gasteiger charge is -2.07. The van der Waals surface area contributed by atoms with E-state index in [1.807, 2.05) is 18.2 Å². The number of pyridine rings is 1. The van der Waals surface area contributed by atoms with Crippen LogP contribution in [0.2, 0.25) is 0 Å². The highest BCUT2D eigenvalue weighted by molar-refractivity contribution is 7.17. The Labute approximate surface area is 154 Å². The predicted octanol–water partition coefficient (Wildman–Crippen LogP) is 2.46. The van der Waals surface area contributed by atoms with Gasteiger partial charge in [-0.2, -0.15) is 0 Å². The molecule has 3 N–H and O–H groups in total. The molecule has 7 nitrogen and oxygen atoms in total. The van der Waals surface area contributed by atoms with Crippen LogP contribution in [-0.4, -0.2) is 40.8 Å². The van der Waals surface area contributed by atoms with Crippen molar-refractivity contribution in [2.45, 2.75) is 13.3 Å². The lowest BCUT2D eigenvalue weighted by atomic mass is 10.1. The summed E-state index contributed by atoms with van der Waals surface area (Å²) in [5.74, 6) is -0.379. The maximum atomic E-state index is 12.3. The quantitative estimate of drug-likeness (QED) is 0.688. The molecule has 0 saturated carbocycles. The Bertz CT molecular complexity index is 996. The van der Waals surface area contributed by atoms with Gasteiger partial charge in [-0.3, -0.25) is 14.6 Å². The molecule has 134 valence electrons. The van der Waals surface area contributed by atoms with Gasteiger partial charge in [-0.25, -0.2) is 4.98 Å². The largest absolute Gasteiger partial charge is 0.397 e. The third-order valence-corrected chi connectivity index (χ3v) is 4.86. The Morgan fingerprint density at radius 1 is 1.19 bits per heavy atom. The molecule has 0 saturated heterocycles. The summed E-state index contributed by atoms with van der Waals surface area (Å²) in [6.07, 6.45) is 0.0971. The number of hydrogen-bond donors (Lipinski definition) is 2. The van der Waals surface area contributed by atoms with Gasteiger partial charge in [-0.1, -0.05) is 29.5 Å². The summed E-state index contributed by atoms with van der Waals surface area (Å²) in [5, 5.41) is 4.06. The van der Waals surface area contributed by atoms with Gasteiger partial charge in [0.15, 0.2) is 5.13 Å². The van der Waals surface area contributed by atoms with Crippen molar-refractivity contribution in [2.75, 3.05) is 25.1 Å². The zero-order chi connectivity index (χ0) is 18.8. The third-order valence-electron chi connectivity index (χ3n) is 3.79. The van der Waals surface area contributed by atoms with Crippen LogP contribution in [0.1, 0.15) is 21.1 Å². The second kappa shape index (κ2) is 7.09. The average Bonchev–Trinajstić information content (AvgIpc) is 2.94. The number of benzene rings is 1. The Morgan fingerprint density at radius 3 is 2.69 bits per heavy atom. The number of nitrogens with zero attached hydrogens (tertiary/aromatic N) is 3.